The lowest BCUT2D eigenvalue weighted by molar-refractivity contribution is -0.354. The predicted octanol–water partition coefficient (Wildman–Crippen LogP) is -2.67. The fourth-order valence-corrected chi connectivity index (χ4v) is 3.73. The van der Waals surface area contributed by atoms with E-state index in [0.29, 0.717) is 0 Å². The van der Waals surface area contributed by atoms with Crippen molar-refractivity contribution in [2.45, 2.75) is 75.3 Å². The normalized spacial score (nSPS) is 39.3. The number of phenols is 2. The Labute approximate surface area is 187 Å². The summed E-state index contributed by atoms with van der Waals surface area (Å²) < 4.78 is 21.9. The Kier molecular flexibility index (Phi) is 7.78. The molecule has 8 N–H and O–H groups in total. The summed E-state index contributed by atoms with van der Waals surface area (Å²) in [6, 6.07) is 1.99. The van der Waals surface area contributed by atoms with E-state index in [2.05, 4.69) is 0 Å². The number of benzene rings is 1. The van der Waals surface area contributed by atoms with Crippen LogP contribution in [0.3, 0.4) is 0 Å². The number of carbonyl (C=O) groups is 1. The molecule has 13 heteroatoms. The molecule has 0 unspecified atom stereocenters. The number of hydrogen-bond donors (Lipinski definition) is 8. The van der Waals surface area contributed by atoms with Gasteiger partial charge in [-0.15, -0.1) is 0 Å². The molecule has 0 spiro atoms. The average molecular weight is 476 g/mol. The number of aliphatic hydroxyl groups is 6. The molecule has 0 aliphatic carbocycles. The first-order valence-electron chi connectivity index (χ1n) is 10.2. The fraction of sp³-hybridized carbons (Fsp3) is 0.650. The molecule has 2 saturated heterocycles. The first-order chi connectivity index (χ1) is 15.5. The Morgan fingerprint density at radius 2 is 1.52 bits per heavy atom. The van der Waals surface area contributed by atoms with Crippen LogP contribution in [-0.2, 0) is 14.2 Å². The van der Waals surface area contributed by atoms with Gasteiger partial charge in [-0.2, -0.15) is 0 Å². The number of aliphatic hydroxyl groups excluding tert-OH is 6. The number of Topliss-reactive ketones (excluding diaryl/α,β-unsaturated/α-hetero) is 1. The molecule has 0 amide bonds. The summed E-state index contributed by atoms with van der Waals surface area (Å²) >= 11 is 0. The molecule has 2 heterocycles. The molecule has 0 aromatic heterocycles. The van der Waals surface area contributed by atoms with E-state index in [4.69, 9.17) is 18.9 Å². The molecule has 1 aromatic carbocycles. The monoisotopic (exact) mass is 476 g/mol. The van der Waals surface area contributed by atoms with Crippen LogP contribution in [0, 0.1) is 0 Å². The Hall–Kier alpha value is -2.07. The second-order valence-corrected chi connectivity index (χ2v) is 8.00. The summed E-state index contributed by atoms with van der Waals surface area (Å²) in [7, 11) is 0. The van der Waals surface area contributed by atoms with Crippen molar-refractivity contribution in [3.8, 4) is 17.2 Å². The Morgan fingerprint density at radius 3 is 2.06 bits per heavy atom. The molecule has 3 rings (SSSR count). The summed E-state index contributed by atoms with van der Waals surface area (Å²) in [5.74, 6) is -2.02. The van der Waals surface area contributed by atoms with Crippen molar-refractivity contribution in [2.75, 3.05) is 6.61 Å². The van der Waals surface area contributed by atoms with E-state index >= 15 is 0 Å². The number of carbonyl (C=O) groups excluding carboxylic acids is 1. The fourth-order valence-electron chi connectivity index (χ4n) is 3.73. The Bertz CT molecular complexity index is 824. The molecule has 13 nitrogen and oxygen atoms in total. The highest BCUT2D eigenvalue weighted by molar-refractivity contribution is 5.99. The zero-order valence-electron chi connectivity index (χ0n) is 17.8. The Morgan fingerprint density at radius 1 is 0.909 bits per heavy atom. The molecule has 2 aliphatic rings. The van der Waals surface area contributed by atoms with Crippen LogP contribution in [0.4, 0.5) is 0 Å². The third kappa shape index (κ3) is 5.06. The Balaban J connectivity index is 1.88. The minimum absolute atomic E-state index is 0.220. The molecule has 2 fully saturated rings. The average Bonchev–Trinajstić information content (AvgIpc) is 2.74. The van der Waals surface area contributed by atoms with Crippen LogP contribution in [-0.4, -0.2) is 115 Å². The number of ketones is 1. The molecule has 186 valence electrons. The van der Waals surface area contributed by atoms with Gasteiger partial charge in [-0.1, -0.05) is 0 Å². The zero-order chi connectivity index (χ0) is 24.6. The second-order valence-electron chi connectivity index (χ2n) is 8.00. The summed E-state index contributed by atoms with van der Waals surface area (Å²) in [6.07, 6.45) is -15.2. The van der Waals surface area contributed by atoms with Gasteiger partial charge in [0.15, 0.2) is 18.2 Å². The lowest BCUT2D eigenvalue weighted by atomic mass is 9.97. The van der Waals surface area contributed by atoms with E-state index < -0.39 is 85.3 Å². The van der Waals surface area contributed by atoms with Gasteiger partial charge in [-0.3, -0.25) is 4.79 Å². The number of phenolic OH excluding ortho intramolecular Hbond substituents is 2. The van der Waals surface area contributed by atoms with Crippen molar-refractivity contribution in [1.29, 1.82) is 0 Å². The van der Waals surface area contributed by atoms with Crippen LogP contribution >= 0.6 is 0 Å². The molecule has 2 aliphatic heterocycles. The van der Waals surface area contributed by atoms with E-state index in [1.807, 2.05) is 0 Å². The van der Waals surface area contributed by atoms with Crippen molar-refractivity contribution in [1.82, 2.24) is 0 Å². The highest BCUT2D eigenvalue weighted by Crippen LogP contribution is 2.35. The highest BCUT2D eigenvalue weighted by atomic mass is 16.8. The number of ether oxygens (including phenoxy) is 4. The minimum Gasteiger partial charge on any atom is -0.507 e. The van der Waals surface area contributed by atoms with E-state index in [0.717, 1.165) is 19.1 Å². The first-order valence-corrected chi connectivity index (χ1v) is 10.2. The molecule has 33 heavy (non-hydrogen) atoms. The zero-order valence-corrected chi connectivity index (χ0v) is 17.8. The van der Waals surface area contributed by atoms with Gasteiger partial charge in [-0.25, -0.2) is 0 Å². The lowest BCUT2D eigenvalue weighted by Gasteiger charge is -2.45. The first kappa shape index (κ1) is 25.6. The van der Waals surface area contributed by atoms with Crippen LogP contribution in [0.2, 0.25) is 0 Å². The number of rotatable bonds is 6. The lowest BCUT2D eigenvalue weighted by Crippen LogP contribution is -2.64. The molecule has 1 aromatic rings. The van der Waals surface area contributed by atoms with Crippen molar-refractivity contribution in [3.63, 3.8) is 0 Å². The van der Waals surface area contributed by atoms with Gasteiger partial charge >= 0.3 is 0 Å². The van der Waals surface area contributed by atoms with Crippen LogP contribution in [0.25, 0.3) is 0 Å². The van der Waals surface area contributed by atoms with Crippen molar-refractivity contribution < 1.29 is 64.6 Å². The van der Waals surface area contributed by atoms with Crippen LogP contribution in [0.1, 0.15) is 24.2 Å². The van der Waals surface area contributed by atoms with Gasteiger partial charge in [0.25, 0.3) is 0 Å². The van der Waals surface area contributed by atoms with Crippen molar-refractivity contribution >= 4 is 5.78 Å². The van der Waals surface area contributed by atoms with E-state index in [1.165, 1.54) is 6.92 Å². The summed E-state index contributed by atoms with van der Waals surface area (Å²) in [4.78, 5) is 11.6. The van der Waals surface area contributed by atoms with E-state index in [9.17, 15) is 45.6 Å². The van der Waals surface area contributed by atoms with Gasteiger partial charge in [0.1, 0.15) is 59.4 Å². The smallest absolute Gasteiger partial charge is 0.229 e. The number of aromatic hydroxyl groups is 2. The molecule has 0 bridgehead atoms. The van der Waals surface area contributed by atoms with E-state index in [-0.39, 0.29) is 11.3 Å². The molecule has 0 radical (unpaired) electrons. The van der Waals surface area contributed by atoms with Crippen molar-refractivity contribution in [3.05, 3.63) is 17.7 Å². The number of hydrogen-bond acceptors (Lipinski definition) is 13. The van der Waals surface area contributed by atoms with Crippen LogP contribution in [0.15, 0.2) is 12.1 Å². The van der Waals surface area contributed by atoms with Crippen LogP contribution in [0.5, 0.6) is 17.2 Å². The largest absolute Gasteiger partial charge is 0.507 e. The molecular weight excluding hydrogens is 448 g/mol. The highest BCUT2D eigenvalue weighted by Gasteiger charge is 2.50. The van der Waals surface area contributed by atoms with Gasteiger partial charge in [-0.05, 0) is 13.8 Å². The second kappa shape index (κ2) is 10.0. The molecule has 0 saturated carbocycles. The summed E-state index contributed by atoms with van der Waals surface area (Å²) in [5, 5.41) is 80.4. The maximum Gasteiger partial charge on any atom is 0.229 e. The van der Waals surface area contributed by atoms with Gasteiger partial charge in [0.2, 0.25) is 6.29 Å². The SMILES string of the molecule is CC(=O)c1c(O)cc(O[C@H]2O[C@@H](CO)[C@H](O)[C@@H](O)[C@@H]2O[C@@H]2O[C@H](C)[C@H](O)[C@H](O)[C@@H]2O)cc1O. The third-order valence-corrected chi connectivity index (χ3v) is 5.60. The van der Waals surface area contributed by atoms with Gasteiger partial charge in [0, 0.05) is 12.1 Å². The van der Waals surface area contributed by atoms with Crippen LogP contribution < -0.4 is 4.74 Å². The maximum atomic E-state index is 11.6. The standard InChI is InChI=1S/C20H28O13/c1-6(22)12-9(23)3-8(4-10(12)24)31-20-18(16(28)14(26)11(5-21)32-20)33-19-17(29)15(27)13(25)7(2)30-19/h3-4,7,11,13-21,23-29H,5H2,1-2H3/t7-,11+,13+,14+,15+,16-,17+,18+,19+,20+/m1/s1. The van der Waals surface area contributed by atoms with Gasteiger partial charge < -0.3 is 59.8 Å². The van der Waals surface area contributed by atoms with E-state index in [1.54, 1.807) is 0 Å². The molecular formula is C20H28O13. The maximum absolute atomic E-state index is 11.6. The van der Waals surface area contributed by atoms with Crippen molar-refractivity contribution in [2.24, 2.45) is 0 Å². The predicted molar refractivity (Wildman–Crippen MR) is 105 cm³/mol. The topological polar surface area (TPSA) is 216 Å². The molecule has 10 atom stereocenters. The summed E-state index contributed by atoms with van der Waals surface area (Å²) in [6.45, 7) is 1.83. The van der Waals surface area contributed by atoms with Gasteiger partial charge in [0.05, 0.1) is 12.7 Å². The quantitative estimate of drug-likeness (QED) is 0.197. The minimum atomic E-state index is -1.74. The third-order valence-electron chi connectivity index (χ3n) is 5.60. The summed E-state index contributed by atoms with van der Waals surface area (Å²) in [5.41, 5.74) is -0.344.